The lowest BCUT2D eigenvalue weighted by molar-refractivity contribution is 0.418. The van der Waals surface area contributed by atoms with Crippen molar-refractivity contribution in [2.45, 2.75) is 31.7 Å². The SMILES string of the molecule is NC1CC2CC[C@@H]1C2. The largest absolute Gasteiger partial charge is 0.327 e. The molecule has 0 radical (unpaired) electrons. The summed E-state index contributed by atoms with van der Waals surface area (Å²) in [4.78, 5) is 0. The van der Waals surface area contributed by atoms with Crippen LogP contribution in [0.3, 0.4) is 0 Å². The molecule has 0 spiro atoms. The lowest BCUT2D eigenvalue weighted by Gasteiger charge is -2.15. The van der Waals surface area contributed by atoms with Crippen molar-refractivity contribution < 1.29 is 0 Å². The first-order valence-corrected chi connectivity index (χ1v) is 3.62. The number of fused-ring (bicyclic) bond motifs is 2. The summed E-state index contributed by atoms with van der Waals surface area (Å²) in [7, 11) is 0. The minimum Gasteiger partial charge on any atom is -0.327 e. The quantitative estimate of drug-likeness (QED) is 0.498. The van der Waals surface area contributed by atoms with Crippen LogP contribution in [-0.2, 0) is 0 Å². The zero-order chi connectivity index (χ0) is 5.56. The van der Waals surface area contributed by atoms with Crippen molar-refractivity contribution >= 4 is 0 Å². The van der Waals surface area contributed by atoms with E-state index in [1.807, 2.05) is 0 Å². The topological polar surface area (TPSA) is 26.0 Å². The fourth-order valence-corrected chi connectivity index (χ4v) is 2.29. The Morgan fingerprint density at radius 1 is 1.12 bits per heavy atom. The van der Waals surface area contributed by atoms with E-state index in [1.54, 1.807) is 0 Å². The molecule has 2 unspecified atom stereocenters. The summed E-state index contributed by atoms with van der Waals surface area (Å²) in [6, 6.07) is 0.578. The molecule has 1 nitrogen and oxygen atoms in total. The van der Waals surface area contributed by atoms with Crippen LogP contribution in [0.4, 0.5) is 0 Å². The van der Waals surface area contributed by atoms with Gasteiger partial charge in [0.15, 0.2) is 0 Å². The molecule has 0 amide bonds. The molecule has 2 fully saturated rings. The highest BCUT2D eigenvalue weighted by Crippen LogP contribution is 2.43. The minimum atomic E-state index is 0.578. The van der Waals surface area contributed by atoms with Crippen molar-refractivity contribution in [3.8, 4) is 0 Å². The van der Waals surface area contributed by atoms with Crippen molar-refractivity contribution in [3.05, 3.63) is 0 Å². The van der Waals surface area contributed by atoms with E-state index in [2.05, 4.69) is 0 Å². The molecule has 2 aliphatic carbocycles. The maximum absolute atomic E-state index is 5.82. The van der Waals surface area contributed by atoms with Crippen LogP contribution in [0.15, 0.2) is 0 Å². The molecule has 0 saturated heterocycles. The highest BCUT2D eigenvalue weighted by Gasteiger charge is 2.36. The van der Waals surface area contributed by atoms with Crippen LogP contribution in [0.25, 0.3) is 0 Å². The van der Waals surface area contributed by atoms with Crippen LogP contribution in [0.2, 0.25) is 0 Å². The fourth-order valence-electron chi connectivity index (χ4n) is 2.29. The Labute approximate surface area is 50.3 Å². The van der Waals surface area contributed by atoms with Gasteiger partial charge in [0, 0.05) is 6.04 Å². The predicted molar refractivity (Wildman–Crippen MR) is 33.4 cm³/mol. The first-order valence-electron chi connectivity index (χ1n) is 3.62. The van der Waals surface area contributed by atoms with Gasteiger partial charge in [-0.2, -0.15) is 0 Å². The first-order chi connectivity index (χ1) is 3.86. The van der Waals surface area contributed by atoms with Gasteiger partial charge < -0.3 is 5.73 Å². The van der Waals surface area contributed by atoms with Gasteiger partial charge in [0.1, 0.15) is 0 Å². The molecule has 46 valence electrons. The molecule has 2 aliphatic rings. The van der Waals surface area contributed by atoms with Crippen LogP contribution in [0, 0.1) is 11.8 Å². The van der Waals surface area contributed by atoms with E-state index in [0.717, 1.165) is 11.8 Å². The molecular weight excluding hydrogens is 98.1 g/mol. The van der Waals surface area contributed by atoms with Crippen LogP contribution >= 0.6 is 0 Å². The van der Waals surface area contributed by atoms with Gasteiger partial charge >= 0.3 is 0 Å². The molecule has 2 saturated carbocycles. The predicted octanol–water partition coefficient (Wildman–Crippen LogP) is 1.13. The Kier molecular flexibility index (Phi) is 0.884. The maximum atomic E-state index is 5.82. The highest BCUT2D eigenvalue weighted by molar-refractivity contribution is 4.91. The van der Waals surface area contributed by atoms with Gasteiger partial charge in [-0.25, -0.2) is 0 Å². The standard InChI is InChI=1S/C7H13N/c8-7-4-5-1-2-6(7)3-5/h5-7H,1-4,8H2/t5?,6-,7?/m1/s1. The third-order valence-electron chi connectivity index (χ3n) is 2.79. The zero-order valence-electron chi connectivity index (χ0n) is 5.14. The number of hydrogen-bond acceptors (Lipinski definition) is 1. The molecule has 8 heavy (non-hydrogen) atoms. The van der Waals surface area contributed by atoms with E-state index in [1.165, 1.54) is 25.7 Å². The lowest BCUT2D eigenvalue weighted by atomic mass is 9.96. The molecule has 0 aromatic rings. The Bertz CT molecular complexity index is 98.6. The molecule has 2 rings (SSSR count). The van der Waals surface area contributed by atoms with E-state index in [0.29, 0.717) is 6.04 Å². The number of rotatable bonds is 0. The maximum Gasteiger partial charge on any atom is 0.00699 e. The number of nitrogens with two attached hydrogens (primary N) is 1. The molecule has 1 heteroatoms. The molecule has 3 atom stereocenters. The average Bonchev–Trinajstić information content (AvgIpc) is 2.23. The summed E-state index contributed by atoms with van der Waals surface area (Å²) in [6.45, 7) is 0. The summed E-state index contributed by atoms with van der Waals surface area (Å²) >= 11 is 0. The van der Waals surface area contributed by atoms with Gasteiger partial charge in [0.05, 0.1) is 0 Å². The van der Waals surface area contributed by atoms with Gasteiger partial charge in [0.25, 0.3) is 0 Å². The Balaban J connectivity index is 2.11. The molecule has 0 aromatic carbocycles. The Morgan fingerprint density at radius 3 is 2.25 bits per heavy atom. The second-order valence-electron chi connectivity index (χ2n) is 3.34. The Morgan fingerprint density at radius 2 is 2.00 bits per heavy atom. The fraction of sp³-hybridized carbons (Fsp3) is 1.00. The molecule has 0 aromatic heterocycles. The van der Waals surface area contributed by atoms with Crippen LogP contribution in [0.5, 0.6) is 0 Å². The van der Waals surface area contributed by atoms with Crippen molar-refractivity contribution in [2.24, 2.45) is 17.6 Å². The monoisotopic (exact) mass is 111 g/mol. The van der Waals surface area contributed by atoms with Gasteiger partial charge in [-0.3, -0.25) is 0 Å². The molecule has 0 heterocycles. The van der Waals surface area contributed by atoms with Crippen molar-refractivity contribution in [3.63, 3.8) is 0 Å². The Hall–Kier alpha value is -0.0400. The van der Waals surface area contributed by atoms with E-state index in [9.17, 15) is 0 Å². The normalized spacial score (nSPS) is 52.9. The third kappa shape index (κ3) is 0.510. The highest BCUT2D eigenvalue weighted by atomic mass is 14.7. The second-order valence-corrected chi connectivity index (χ2v) is 3.34. The summed E-state index contributed by atoms with van der Waals surface area (Å²) in [5.41, 5.74) is 5.82. The van der Waals surface area contributed by atoms with E-state index >= 15 is 0 Å². The van der Waals surface area contributed by atoms with Gasteiger partial charge in [0.2, 0.25) is 0 Å². The van der Waals surface area contributed by atoms with Crippen molar-refractivity contribution in [1.82, 2.24) is 0 Å². The second kappa shape index (κ2) is 1.47. The van der Waals surface area contributed by atoms with Crippen LogP contribution in [0.1, 0.15) is 25.7 Å². The summed E-state index contributed by atoms with van der Waals surface area (Å²) in [6.07, 6.45) is 5.66. The molecule has 2 N–H and O–H groups in total. The van der Waals surface area contributed by atoms with Crippen LogP contribution in [-0.4, -0.2) is 6.04 Å². The molecular formula is C7H13N. The van der Waals surface area contributed by atoms with E-state index in [4.69, 9.17) is 5.73 Å². The zero-order valence-corrected chi connectivity index (χ0v) is 5.14. The van der Waals surface area contributed by atoms with E-state index in [-0.39, 0.29) is 0 Å². The number of hydrogen-bond donors (Lipinski definition) is 1. The van der Waals surface area contributed by atoms with Crippen LogP contribution < -0.4 is 5.73 Å². The first kappa shape index (κ1) is 4.80. The minimum absolute atomic E-state index is 0.578. The average molecular weight is 111 g/mol. The molecule has 0 aliphatic heterocycles. The third-order valence-corrected chi connectivity index (χ3v) is 2.79. The van der Waals surface area contributed by atoms with Crippen molar-refractivity contribution in [2.75, 3.05) is 0 Å². The van der Waals surface area contributed by atoms with Crippen molar-refractivity contribution in [1.29, 1.82) is 0 Å². The van der Waals surface area contributed by atoms with Gasteiger partial charge in [-0.05, 0) is 31.1 Å². The van der Waals surface area contributed by atoms with Gasteiger partial charge in [-0.15, -0.1) is 0 Å². The molecule has 2 bridgehead atoms. The summed E-state index contributed by atoms with van der Waals surface area (Å²) < 4.78 is 0. The smallest absolute Gasteiger partial charge is 0.00699 e. The summed E-state index contributed by atoms with van der Waals surface area (Å²) in [5.74, 6) is 1.94. The van der Waals surface area contributed by atoms with Gasteiger partial charge in [-0.1, -0.05) is 6.42 Å². The lowest BCUT2D eigenvalue weighted by Crippen LogP contribution is -2.26. The summed E-state index contributed by atoms with van der Waals surface area (Å²) in [5, 5.41) is 0. The van der Waals surface area contributed by atoms with E-state index < -0.39 is 0 Å².